The third-order valence-corrected chi connectivity index (χ3v) is 15.1. The maximum atomic E-state index is 2.49. The first-order chi connectivity index (χ1) is 36.7. The lowest BCUT2D eigenvalue weighted by atomic mass is 10.0. The molecule has 74 heavy (non-hydrogen) atoms. The van der Waals surface area contributed by atoms with Crippen LogP contribution in [0.15, 0.2) is 279 Å². The van der Waals surface area contributed by atoms with Crippen molar-refractivity contribution in [1.82, 2.24) is 9.13 Å². The second-order valence-corrected chi connectivity index (χ2v) is 19.4. The van der Waals surface area contributed by atoms with Crippen molar-refractivity contribution in [2.45, 2.75) is 0 Å². The molecule has 0 fully saturated rings. The molecule has 15 rings (SSSR count). The van der Waals surface area contributed by atoms with E-state index in [9.17, 15) is 0 Å². The molecule has 0 saturated heterocycles. The molecule has 0 radical (unpaired) electrons. The molecule has 0 amide bonds. The fourth-order valence-corrected chi connectivity index (χ4v) is 11.8. The van der Waals surface area contributed by atoms with Crippen LogP contribution in [0.1, 0.15) is 0 Å². The summed E-state index contributed by atoms with van der Waals surface area (Å²) in [6.45, 7) is 0. The molecule has 0 saturated carbocycles. The molecule has 15 aromatic rings. The van der Waals surface area contributed by atoms with E-state index in [0.29, 0.717) is 0 Å². The summed E-state index contributed by atoms with van der Waals surface area (Å²) in [5, 5.41) is 14.5. The Morgan fingerprint density at radius 3 is 0.919 bits per heavy atom. The lowest BCUT2D eigenvalue weighted by Crippen LogP contribution is -2.09. The van der Waals surface area contributed by atoms with Crippen LogP contribution in [0.4, 0.5) is 34.1 Å². The van der Waals surface area contributed by atoms with Gasteiger partial charge in [0, 0.05) is 77.8 Å². The summed E-state index contributed by atoms with van der Waals surface area (Å²) in [6, 6.07) is 102. The molecule has 0 unspecified atom stereocenters. The molecule has 2 heterocycles. The lowest BCUT2D eigenvalue weighted by molar-refractivity contribution is 1.18. The fourth-order valence-electron chi connectivity index (χ4n) is 11.8. The van der Waals surface area contributed by atoms with Crippen LogP contribution in [0, 0.1) is 0 Å². The molecular weight excluding hydrogens is 897 g/mol. The van der Waals surface area contributed by atoms with Crippen molar-refractivity contribution in [1.29, 1.82) is 0 Å². The Morgan fingerprint density at radius 2 is 0.514 bits per heavy atom. The van der Waals surface area contributed by atoms with Gasteiger partial charge in [0.15, 0.2) is 0 Å². The minimum absolute atomic E-state index is 1.11. The predicted molar refractivity (Wildman–Crippen MR) is 315 cm³/mol. The number of para-hydroxylation sites is 4. The smallest absolute Gasteiger partial charge is 0.0619 e. The third kappa shape index (κ3) is 6.69. The van der Waals surface area contributed by atoms with Gasteiger partial charge in [0.25, 0.3) is 0 Å². The molecule has 0 aliphatic rings. The van der Waals surface area contributed by atoms with Gasteiger partial charge in [0.05, 0.1) is 22.1 Å². The molecule has 2 aromatic heterocycles. The Hall–Kier alpha value is -9.90. The van der Waals surface area contributed by atoms with Gasteiger partial charge in [-0.3, -0.25) is 0 Å². The topological polar surface area (TPSA) is 16.3 Å². The van der Waals surface area contributed by atoms with Crippen LogP contribution < -0.4 is 9.80 Å². The van der Waals surface area contributed by atoms with Gasteiger partial charge in [-0.1, -0.05) is 170 Å². The molecule has 4 heteroatoms. The Morgan fingerprint density at radius 1 is 0.203 bits per heavy atom. The summed E-state index contributed by atoms with van der Waals surface area (Å²) in [4.78, 5) is 4.75. The first kappa shape index (κ1) is 41.8. The minimum atomic E-state index is 1.11. The predicted octanol–water partition coefficient (Wildman–Crippen LogP) is 19.4. The highest BCUT2D eigenvalue weighted by Crippen LogP contribution is 2.46. The first-order valence-corrected chi connectivity index (χ1v) is 25.4. The molecular formula is C70H46N4. The zero-order valence-electron chi connectivity index (χ0n) is 40.3. The second-order valence-electron chi connectivity index (χ2n) is 19.4. The van der Waals surface area contributed by atoms with Crippen molar-refractivity contribution in [3.05, 3.63) is 279 Å². The van der Waals surface area contributed by atoms with Crippen LogP contribution in [-0.4, -0.2) is 9.13 Å². The molecule has 346 valence electrons. The van der Waals surface area contributed by atoms with E-state index in [1.807, 2.05) is 0 Å². The molecule has 0 aliphatic carbocycles. The Balaban J connectivity index is 0.948. The van der Waals surface area contributed by atoms with Crippen molar-refractivity contribution >= 4 is 121 Å². The standard InChI is InChI=1S/C70H46N4/c1-5-21-53(22-6-1)71(57-33-29-47-17-13-15-19-49(47)41-57)59-35-39-61-51(43-59)31-37-63-65-45-68-66(46-67(65)73(69(61)63)55-25-9-3-10-26-55)64-38-32-52-44-60(36-40-62(52)70(64)74(68)56-27-11-4-12-28-56)72(54-23-7-2-8-24-54)58-34-30-48-18-14-16-20-50(48)42-58/h1-46H. The minimum Gasteiger partial charge on any atom is -0.310 e. The highest BCUT2D eigenvalue weighted by molar-refractivity contribution is 6.25. The van der Waals surface area contributed by atoms with Gasteiger partial charge in [-0.25, -0.2) is 0 Å². The van der Waals surface area contributed by atoms with Crippen LogP contribution in [0.25, 0.3) is 98.1 Å². The summed E-state index contributed by atoms with van der Waals surface area (Å²) < 4.78 is 4.99. The summed E-state index contributed by atoms with van der Waals surface area (Å²) in [7, 11) is 0. The quantitative estimate of drug-likeness (QED) is 0.151. The van der Waals surface area contributed by atoms with E-state index in [4.69, 9.17) is 0 Å². The fraction of sp³-hybridized carbons (Fsp3) is 0. The van der Waals surface area contributed by atoms with Gasteiger partial charge in [-0.15, -0.1) is 0 Å². The SMILES string of the molecule is c1ccc(N(c2ccc3ccccc3c2)c2ccc3c(ccc4c5cc6c(cc5n(-c5ccccc5)c34)c3ccc4cc(N(c5ccccc5)c5ccc7ccccc7c5)ccc4c3n6-c3ccccc3)c2)cc1. The van der Waals surface area contributed by atoms with E-state index in [1.165, 1.54) is 86.7 Å². The van der Waals surface area contributed by atoms with Crippen LogP contribution in [0.5, 0.6) is 0 Å². The number of hydrogen-bond acceptors (Lipinski definition) is 2. The molecule has 13 aromatic carbocycles. The normalized spacial score (nSPS) is 11.8. The van der Waals surface area contributed by atoms with Crippen LogP contribution >= 0.6 is 0 Å². The van der Waals surface area contributed by atoms with E-state index < -0.39 is 0 Å². The van der Waals surface area contributed by atoms with E-state index in [1.54, 1.807) is 0 Å². The molecule has 0 spiro atoms. The van der Waals surface area contributed by atoms with E-state index in [2.05, 4.69) is 298 Å². The molecule has 4 nitrogen and oxygen atoms in total. The van der Waals surface area contributed by atoms with Crippen molar-refractivity contribution in [2.24, 2.45) is 0 Å². The Bertz CT molecular complexity index is 4350. The monoisotopic (exact) mass is 942 g/mol. The van der Waals surface area contributed by atoms with Gasteiger partial charge in [-0.05, 0) is 142 Å². The summed E-state index contributed by atoms with van der Waals surface area (Å²) in [6.07, 6.45) is 0. The van der Waals surface area contributed by atoms with Gasteiger partial charge in [-0.2, -0.15) is 0 Å². The summed E-state index contributed by atoms with van der Waals surface area (Å²) >= 11 is 0. The van der Waals surface area contributed by atoms with E-state index >= 15 is 0 Å². The van der Waals surface area contributed by atoms with Crippen molar-refractivity contribution in [3.8, 4) is 11.4 Å². The van der Waals surface area contributed by atoms with Gasteiger partial charge in [0.1, 0.15) is 0 Å². The molecule has 0 aliphatic heterocycles. The lowest BCUT2D eigenvalue weighted by Gasteiger charge is -2.26. The van der Waals surface area contributed by atoms with Gasteiger partial charge < -0.3 is 18.9 Å². The van der Waals surface area contributed by atoms with Crippen molar-refractivity contribution in [2.75, 3.05) is 9.80 Å². The molecule has 0 N–H and O–H groups in total. The number of aromatic nitrogens is 2. The molecule has 0 atom stereocenters. The highest BCUT2D eigenvalue weighted by Gasteiger charge is 2.23. The number of rotatable bonds is 8. The summed E-state index contributed by atoms with van der Waals surface area (Å²) in [5.74, 6) is 0. The maximum Gasteiger partial charge on any atom is 0.0619 e. The van der Waals surface area contributed by atoms with Crippen molar-refractivity contribution in [3.63, 3.8) is 0 Å². The zero-order chi connectivity index (χ0) is 48.7. The Labute approximate surface area is 428 Å². The largest absolute Gasteiger partial charge is 0.310 e. The molecule has 0 bridgehead atoms. The number of nitrogens with zero attached hydrogens (tertiary/aromatic N) is 4. The van der Waals surface area contributed by atoms with Gasteiger partial charge in [0.2, 0.25) is 0 Å². The average molecular weight is 943 g/mol. The number of benzene rings is 13. The van der Waals surface area contributed by atoms with E-state index in [-0.39, 0.29) is 0 Å². The number of hydrogen-bond donors (Lipinski definition) is 0. The first-order valence-electron chi connectivity index (χ1n) is 25.4. The van der Waals surface area contributed by atoms with Crippen molar-refractivity contribution < 1.29 is 0 Å². The average Bonchev–Trinajstić information content (AvgIpc) is 4.03. The zero-order valence-corrected chi connectivity index (χ0v) is 40.3. The summed E-state index contributed by atoms with van der Waals surface area (Å²) in [5.41, 5.74) is 13.7. The van der Waals surface area contributed by atoms with E-state index in [0.717, 1.165) is 45.5 Å². The number of anilines is 6. The third-order valence-electron chi connectivity index (χ3n) is 15.1. The maximum absolute atomic E-state index is 2.49. The van der Waals surface area contributed by atoms with Crippen LogP contribution in [0.3, 0.4) is 0 Å². The van der Waals surface area contributed by atoms with Crippen LogP contribution in [0.2, 0.25) is 0 Å². The highest BCUT2D eigenvalue weighted by atomic mass is 15.1. The number of fused-ring (bicyclic) bond motifs is 12. The second kappa shape index (κ2) is 16.9. The Kier molecular flexibility index (Phi) is 9.54. The van der Waals surface area contributed by atoms with Crippen LogP contribution in [-0.2, 0) is 0 Å². The van der Waals surface area contributed by atoms with Gasteiger partial charge >= 0.3 is 0 Å².